The van der Waals surface area contributed by atoms with Gasteiger partial charge in [0.05, 0.1) is 6.54 Å². The van der Waals surface area contributed by atoms with E-state index in [9.17, 15) is 13.6 Å². The number of carbonyl (C=O) groups is 1. The van der Waals surface area contributed by atoms with Crippen LogP contribution >= 0.6 is 0 Å². The summed E-state index contributed by atoms with van der Waals surface area (Å²) in [6, 6.07) is 5.37. The number of hydrogen-bond acceptors (Lipinski definition) is 1. The van der Waals surface area contributed by atoms with E-state index in [0.29, 0.717) is 12.1 Å². The van der Waals surface area contributed by atoms with E-state index in [-0.39, 0.29) is 30.1 Å². The van der Waals surface area contributed by atoms with Gasteiger partial charge in [0.25, 0.3) is 5.91 Å². The zero-order valence-corrected chi connectivity index (χ0v) is 10.6. The standard InChI is InChI=1S/C14H17F2NO/c1-9(2)12-7-17(8-13(12)16)14(18)10-3-5-11(15)6-4-10/h3-6,9,12-13H,7-8H2,1-2H3. The van der Waals surface area contributed by atoms with Crippen LogP contribution in [0.1, 0.15) is 24.2 Å². The predicted octanol–water partition coefficient (Wildman–Crippen LogP) is 2.89. The van der Waals surface area contributed by atoms with Gasteiger partial charge >= 0.3 is 0 Å². The number of rotatable bonds is 2. The molecule has 2 rings (SSSR count). The molecule has 0 radical (unpaired) electrons. The second-order valence-electron chi connectivity index (χ2n) is 5.14. The molecule has 0 aliphatic carbocycles. The van der Waals surface area contributed by atoms with Crippen LogP contribution in [0.2, 0.25) is 0 Å². The first-order chi connectivity index (χ1) is 8.49. The van der Waals surface area contributed by atoms with E-state index in [1.54, 1.807) is 0 Å². The number of likely N-dealkylation sites (tertiary alicyclic amines) is 1. The molecule has 2 nitrogen and oxygen atoms in total. The molecule has 1 amide bonds. The van der Waals surface area contributed by atoms with Crippen LogP contribution in [-0.4, -0.2) is 30.1 Å². The molecule has 0 N–H and O–H groups in total. The lowest BCUT2D eigenvalue weighted by atomic mass is 9.94. The summed E-state index contributed by atoms with van der Waals surface area (Å²) in [7, 11) is 0. The number of halogens is 2. The molecule has 98 valence electrons. The lowest BCUT2D eigenvalue weighted by Gasteiger charge is -2.17. The summed E-state index contributed by atoms with van der Waals surface area (Å²) in [5, 5.41) is 0. The van der Waals surface area contributed by atoms with Crippen LogP contribution in [0, 0.1) is 17.7 Å². The molecule has 0 spiro atoms. The molecule has 4 heteroatoms. The second-order valence-corrected chi connectivity index (χ2v) is 5.14. The Hall–Kier alpha value is -1.45. The Bertz CT molecular complexity index is 430. The molecule has 1 aromatic rings. The molecule has 0 bridgehead atoms. The fourth-order valence-electron chi connectivity index (χ4n) is 2.36. The maximum Gasteiger partial charge on any atom is 0.253 e. The monoisotopic (exact) mass is 253 g/mol. The fourth-order valence-corrected chi connectivity index (χ4v) is 2.36. The quantitative estimate of drug-likeness (QED) is 0.793. The SMILES string of the molecule is CC(C)C1CN(C(=O)c2ccc(F)cc2)CC1F. The summed E-state index contributed by atoms with van der Waals surface area (Å²) < 4.78 is 26.5. The van der Waals surface area contributed by atoms with E-state index in [1.165, 1.54) is 29.2 Å². The smallest absolute Gasteiger partial charge is 0.253 e. The van der Waals surface area contributed by atoms with Gasteiger partial charge in [-0.15, -0.1) is 0 Å². The number of carbonyl (C=O) groups excluding carboxylic acids is 1. The van der Waals surface area contributed by atoms with Gasteiger partial charge in [-0.1, -0.05) is 13.8 Å². The first-order valence-corrected chi connectivity index (χ1v) is 6.18. The zero-order valence-electron chi connectivity index (χ0n) is 10.6. The lowest BCUT2D eigenvalue weighted by molar-refractivity contribution is 0.0779. The number of amides is 1. The summed E-state index contributed by atoms with van der Waals surface area (Å²) in [5.74, 6) is -0.488. The van der Waals surface area contributed by atoms with Crippen LogP contribution < -0.4 is 0 Å². The number of benzene rings is 1. The summed E-state index contributed by atoms with van der Waals surface area (Å²) in [5.41, 5.74) is 0.410. The third kappa shape index (κ3) is 2.52. The van der Waals surface area contributed by atoms with Crippen molar-refractivity contribution in [3.63, 3.8) is 0 Å². The third-order valence-corrected chi connectivity index (χ3v) is 3.53. The molecule has 1 saturated heterocycles. The van der Waals surface area contributed by atoms with Crippen molar-refractivity contribution < 1.29 is 13.6 Å². The van der Waals surface area contributed by atoms with E-state index < -0.39 is 6.17 Å². The summed E-state index contributed by atoms with van der Waals surface area (Å²) in [6.07, 6.45) is -0.964. The Morgan fingerprint density at radius 3 is 2.39 bits per heavy atom. The molecule has 2 atom stereocenters. The minimum atomic E-state index is -0.964. The molecule has 1 heterocycles. The van der Waals surface area contributed by atoms with Crippen LogP contribution in [0.3, 0.4) is 0 Å². The highest BCUT2D eigenvalue weighted by Gasteiger charge is 2.37. The van der Waals surface area contributed by atoms with Crippen molar-refractivity contribution in [3.05, 3.63) is 35.6 Å². The Labute approximate surface area is 106 Å². The van der Waals surface area contributed by atoms with Gasteiger partial charge < -0.3 is 4.90 Å². The Balaban J connectivity index is 2.09. The number of nitrogens with zero attached hydrogens (tertiary/aromatic N) is 1. The van der Waals surface area contributed by atoms with E-state index in [0.717, 1.165) is 0 Å². The van der Waals surface area contributed by atoms with Crippen molar-refractivity contribution in [2.75, 3.05) is 13.1 Å². The van der Waals surface area contributed by atoms with Crippen LogP contribution in [0.5, 0.6) is 0 Å². The summed E-state index contributed by atoms with van der Waals surface area (Å²) in [4.78, 5) is 13.6. The van der Waals surface area contributed by atoms with E-state index in [4.69, 9.17) is 0 Å². The van der Waals surface area contributed by atoms with E-state index >= 15 is 0 Å². The van der Waals surface area contributed by atoms with Crippen molar-refractivity contribution in [1.82, 2.24) is 4.90 Å². The third-order valence-electron chi connectivity index (χ3n) is 3.53. The van der Waals surface area contributed by atoms with Crippen molar-refractivity contribution >= 4 is 5.91 Å². The molecule has 1 aliphatic heterocycles. The number of hydrogen-bond donors (Lipinski definition) is 0. The van der Waals surface area contributed by atoms with Gasteiger partial charge in [-0.25, -0.2) is 8.78 Å². The second kappa shape index (κ2) is 5.04. The average molecular weight is 253 g/mol. The lowest BCUT2D eigenvalue weighted by Crippen LogP contribution is -2.29. The van der Waals surface area contributed by atoms with Gasteiger partial charge in [0, 0.05) is 18.0 Å². The molecule has 1 aromatic carbocycles. The largest absolute Gasteiger partial charge is 0.335 e. The topological polar surface area (TPSA) is 20.3 Å². The molecule has 18 heavy (non-hydrogen) atoms. The summed E-state index contributed by atoms with van der Waals surface area (Å²) >= 11 is 0. The van der Waals surface area contributed by atoms with Gasteiger partial charge in [0.15, 0.2) is 0 Å². The minimum absolute atomic E-state index is 0.102. The maximum absolute atomic E-state index is 13.8. The normalized spacial score (nSPS) is 23.7. The molecular weight excluding hydrogens is 236 g/mol. The van der Waals surface area contributed by atoms with E-state index in [1.807, 2.05) is 13.8 Å². The molecule has 1 fully saturated rings. The predicted molar refractivity (Wildman–Crippen MR) is 65.5 cm³/mol. The minimum Gasteiger partial charge on any atom is -0.335 e. The highest BCUT2D eigenvalue weighted by molar-refractivity contribution is 5.94. The average Bonchev–Trinajstić information content (AvgIpc) is 2.71. The molecule has 0 saturated carbocycles. The first kappa shape index (κ1) is 13.0. The fraction of sp³-hybridized carbons (Fsp3) is 0.500. The summed E-state index contributed by atoms with van der Waals surface area (Å²) in [6.45, 7) is 4.50. The highest BCUT2D eigenvalue weighted by atomic mass is 19.1. The van der Waals surface area contributed by atoms with Crippen molar-refractivity contribution in [2.24, 2.45) is 11.8 Å². The maximum atomic E-state index is 13.8. The number of alkyl halides is 1. The van der Waals surface area contributed by atoms with Crippen molar-refractivity contribution in [1.29, 1.82) is 0 Å². The van der Waals surface area contributed by atoms with Crippen LogP contribution in [-0.2, 0) is 0 Å². The Morgan fingerprint density at radius 2 is 1.89 bits per heavy atom. The van der Waals surface area contributed by atoms with Crippen LogP contribution in [0.4, 0.5) is 8.78 Å². The molecule has 0 aromatic heterocycles. The molecular formula is C14H17F2NO. The Morgan fingerprint density at radius 1 is 1.28 bits per heavy atom. The highest BCUT2D eigenvalue weighted by Crippen LogP contribution is 2.27. The van der Waals surface area contributed by atoms with Gasteiger partial charge in [0.2, 0.25) is 0 Å². The van der Waals surface area contributed by atoms with Crippen LogP contribution in [0.25, 0.3) is 0 Å². The zero-order chi connectivity index (χ0) is 13.3. The molecule has 1 aliphatic rings. The van der Waals surface area contributed by atoms with Gasteiger partial charge in [-0.2, -0.15) is 0 Å². The Kier molecular flexibility index (Phi) is 3.64. The molecule has 2 unspecified atom stereocenters. The van der Waals surface area contributed by atoms with Crippen LogP contribution in [0.15, 0.2) is 24.3 Å². The van der Waals surface area contributed by atoms with Crippen molar-refractivity contribution in [3.8, 4) is 0 Å². The van der Waals surface area contributed by atoms with Gasteiger partial charge in [0.1, 0.15) is 12.0 Å². The van der Waals surface area contributed by atoms with Crippen molar-refractivity contribution in [2.45, 2.75) is 20.0 Å². The van der Waals surface area contributed by atoms with E-state index in [2.05, 4.69) is 0 Å². The van der Waals surface area contributed by atoms with Gasteiger partial charge in [-0.3, -0.25) is 4.79 Å². The van der Waals surface area contributed by atoms with Gasteiger partial charge in [-0.05, 0) is 30.2 Å². The first-order valence-electron chi connectivity index (χ1n) is 6.18.